The van der Waals surface area contributed by atoms with Gasteiger partial charge >= 0.3 is 0 Å². The van der Waals surface area contributed by atoms with Crippen LogP contribution in [0.4, 0.5) is 5.69 Å². The molecule has 3 heterocycles. The van der Waals surface area contributed by atoms with Gasteiger partial charge in [0, 0.05) is 95.8 Å². The number of hydrogen-bond acceptors (Lipinski definition) is 10. The summed E-state index contributed by atoms with van der Waals surface area (Å²) in [6, 6.07) is 15.7. The molecule has 2 atom stereocenters. The van der Waals surface area contributed by atoms with Gasteiger partial charge in [-0.15, -0.1) is 0 Å². The first-order valence-corrected chi connectivity index (χ1v) is 15.9. The number of amides is 4. The molecule has 0 saturated heterocycles. The van der Waals surface area contributed by atoms with E-state index in [0.29, 0.717) is 52.5 Å². The van der Waals surface area contributed by atoms with E-state index in [1.165, 1.54) is 23.4 Å². The van der Waals surface area contributed by atoms with E-state index in [0.717, 1.165) is 21.4 Å². The number of nitro benzene ring substituents is 1. The van der Waals surface area contributed by atoms with E-state index in [2.05, 4.69) is 20.6 Å². The lowest BCUT2D eigenvalue weighted by Gasteiger charge is -2.32. The summed E-state index contributed by atoms with van der Waals surface area (Å²) in [7, 11) is 0. The molecule has 246 valence electrons. The van der Waals surface area contributed by atoms with Gasteiger partial charge in [-0.1, -0.05) is 24.3 Å². The predicted octanol–water partition coefficient (Wildman–Crippen LogP) is 4.21. The number of carbonyl (C=O) groups excluding carboxylic acids is 4. The number of nitrogens with one attached hydrogen (secondary N) is 2. The lowest BCUT2D eigenvalue weighted by molar-refractivity contribution is -0.384. The number of rotatable bonds is 11. The Kier molecular flexibility index (Phi) is 8.14. The zero-order valence-corrected chi connectivity index (χ0v) is 26.7. The second kappa shape index (κ2) is 12.6. The summed E-state index contributed by atoms with van der Waals surface area (Å²) in [6.07, 6.45) is 4.80. The molecular formula is C36H31N7O6. The molecule has 0 spiro atoms. The molecular weight excluding hydrogens is 626 g/mol. The van der Waals surface area contributed by atoms with Crippen molar-refractivity contribution in [3.05, 3.63) is 112 Å². The number of nitrogens with zero attached hydrogens (tertiary/aromatic N) is 5. The second-order valence-electron chi connectivity index (χ2n) is 12.3. The molecule has 13 nitrogen and oxygen atoms in total. The van der Waals surface area contributed by atoms with Gasteiger partial charge in [0.05, 0.1) is 10.5 Å². The van der Waals surface area contributed by atoms with Crippen LogP contribution < -0.4 is 10.6 Å². The third-order valence-electron chi connectivity index (χ3n) is 9.08. The van der Waals surface area contributed by atoms with E-state index in [4.69, 9.17) is 0 Å². The summed E-state index contributed by atoms with van der Waals surface area (Å²) in [5, 5.41) is 20.4. The third-order valence-corrected chi connectivity index (χ3v) is 9.08. The van der Waals surface area contributed by atoms with Gasteiger partial charge in [0.1, 0.15) is 6.33 Å². The number of benzene rings is 4. The Labute approximate surface area is 280 Å². The Morgan fingerprint density at radius 2 is 1.16 bits per heavy atom. The van der Waals surface area contributed by atoms with E-state index in [1.54, 1.807) is 49.6 Å². The van der Waals surface area contributed by atoms with Crippen LogP contribution in [0.15, 0.2) is 79.4 Å². The monoisotopic (exact) mass is 657 g/mol. The number of aromatic nitrogens is 2. The van der Waals surface area contributed by atoms with Crippen LogP contribution in [-0.2, 0) is 0 Å². The fraction of sp³-hybridized carbons (Fsp3) is 0.222. The molecule has 2 N–H and O–H groups in total. The highest BCUT2D eigenvalue weighted by Gasteiger charge is 2.38. The van der Waals surface area contributed by atoms with Gasteiger partial charge in [-0.2, -0.15) is 0 Å². The summed E-state index contributed by atoms with van der Waals surface area (Å²) in [5.74, 6) is -1.74. The van der Waals surface area contributed by atoms with Gasteiger partial charge in [-0.25, -0.2) is 9.97 Å². The first-order valence-electron chi connectivity index (χ1n) is 15.9. The smallest absolute Gasteiger partial charge is 0.270 e. The average Bonchev–Trinajstić information content (AvgIpc) is 3.10. The summed E-state index contributed by atoms with van der Waals surface area (Å²) in [6.45, 7) is 5.13. The quantitative estimate of drug-likeness (QED) is 0.0909. The van der Waals surface area contributed by atoms with E-state index < -0.39 is 28.8 Å². The summed E-state index contributed by atoms with van der Waals surface area (Å²) in [4.78, 5) is 75.7. The summed E-state index contributed by atoms with van der Waals surface area (Å²) in [5.41, 5.74) is 2.71. The van der Waals surface area contributed by atoms with E-state index in [1.807, 2.05) is 25.1 Å². The van der Waals surface area contributed by atoms with Gasteiger partial charge in [0.25, 0.3) is 29.3 Å². The van der Waals surface area contributed by atoms with Crippen LogP contribution >= 0.6 is 0 Å². The highest BCUT2D eigenvalue weighted by molar-refractivity contribution is 6.27. The van der Waals surface area contributed by atoms with Crippen molar-refractivity contribution in [3.63, 3.8) is 0 Å². The lowest BCUT2D eigenvalue weighted by Crippen LogP contribution is -2.51. The molecule has 0 fully saturated rings. The fourth-order valence-corrected chi connectivity index (χ4v) is 6.74. The van der Waals surface area contributed by atoms with Gasteiger partial charge in [0.15, 0.2) is 0 Å². The molecule has 13 heteroatoms. The molecule has 7 rings (SSSR count). The average molecular weight is 658 g/mol. The maximum atomic E-state index is 13.8. The molecule has 0 radical (unpaired) electrons. The van der Waals surface area contributed by atoms with Crippen molar-refractivity contribution in [2.75, 3.05) is 26.2 Å². The van der Waals surface area contributed by atoms with Gasteiger partial charge < -0.3 is 10.6 Å². The molecule has 5 aromatic rings. The number of nitro groups is 1. The Balaban J connectivity index is 0.971. The van der Waals surface area contributed by atoms with Crippen LogP contribution in [0.1, 0.15) is 55.3 Å². The number of carbonyl (C=O) groups is 4. The largest absolute Gasteiger partial charge is 0.313 e. The minimum atomic E-state index is -0.573. The molecule has 4 aromatic carbocycles. The molecule has 0 bridgehead atoms. The Morgan fingerprint density at radius 1 is 0.673 bits per heavy atom. The standard InChI is InChI=1S/C36H31N7O6/c1-20(41-33(44)27-7-3-5-22-11-24(25-17-39-19-40-18-25)13-29(31(22)27)35(41)46)15-37-9-10-38-16-21(2)42-34(45)28-8-4-6-23-12-26(43(48)49)14-30(32(23)28)36(42)47/h3-8,11-14,17-21,37-38H,9-10,15-16H2,1-2H3. The predicted molar refractivity (Wildman–Crippen MR) is 181 cm³/mol. The third kappa shape index (κ3) is 5.48. The maximum Gasteiger partial charge on any atom is 0.270 e. The Bertz CT molecular complexity index is 2210. The SMILES string of the molecule is CC(CNCCNCC(C)N1C(=O)c2cccc3cc([N+](=O)[O-])cc(c23)C1=O)N1C(=O)c2cccc3cc(-c4cncnc4)cc(c23)C1=O. The molecule has 0 saturated carbocycles. The van der Waals surface area contributed by atoms with Crippen molar-refractivity contribution in [2.24, 2.45) is 0 Å². The molecule has 1 aromatic heterocycles. The van der Waals surface area contributed by atoms with Crippen LogP contribution in [0, 0.1) is 10.1 Å². The fourth-order valence-electron chi connectivity index (χ4n) is 6.74. The van der Waals surface area contributed by atoms with Crippen LogP contribution in [0.25, 0.3) is 32.7 Å². The molecule has 0 aliphatic carbocycles. The zero-order chi connectivity index (χ0) is 34.4. The van der Waals surface area contributed by atoms with Crippen molar-refractivity contribution in [3.8, 4) is 11.1 Å². The Morgan fingerprint density at radius 3 is 1.69 bits per heavy atom. The first kappa shape index (κ1) is 31.7. The summed E-state index contributed by atoms with van der Waals surface area (Å²) >= 11 is 0. The van der Waals surface area contributed by atoms with E-state index >= 15 is 0 Å². The van der Waals surface area contributed by atoms with Crippen molar-refractivity contribution in [2.45, 2.75) is 25.9 Å². The highest BCUT2D eigenvalue weighted by atomic mass is 16.6. The second-order valence-corrected chi connectivity index (χ2v) is 12.3. The zero-order valence-electron chi connectivity index (χ0n) is 26.7. The molecule has 2 aliphatic rings. The van der Waals surface area contributed by atoms with Crippen molar-refractivity contribution in [1.29, 1.82) is 0 Å². The van der Waals surface area contributed by atoms with Gasteiger partial charge in [-0.05, 0) is 54.4 Å². The molecule has 2 aliphatic heterocycles. The van der Waals surface area contributed by atoms with Gasteiger partial charge in [0.2, 0.25) is 0 Å². The van der Waals surface area contributed by atoms with Crippen LogP contribution in [0.3, 0.4) is 0 Å². The van der Waals surface area contributed by atoms with E-state index in [9.17, 15) is 29.3 Å². The minimum absolute atomic E-state index is 0.132. The van der Waals surface area contributed by atoms with Crippen molar-refractivity contribution >= 4 is 50.9 Å². The van der Waals surface area contributed by atoms with Crippen molar-refractivity contribution in [1.82, 2.24) is 30.4 Å². The lowest BCUT2D eigenvalue weighted by atomic mass is 9.90. The maximum absolute atomic E-state index is 13.8. The first-order chi connectivity index (χ1) is 23.7. The topological polar surface area (TPSA) is 168 Å². The molecule has 4 amide bonds. The Hall–Kier alpha value is -5.92. The number of hydrogen-bond donors (Lipinski definition) is 2. The van der Waals surface area contributed by atoms with Crippen molar-refractivity contribution < 1.29 is 24.1 Å². The van der Waals surface area contributed by atoms with Crippen LogP contribution in [0.5, 0.6) is 0 Å². The highest BCUT2D eigenvalue weighted by Crippen LogP contribution is 2.36. The van der Waals surface area contributed by atoms with E-state index in [-0.39, 0.29) is 29.6 Å². The minimum Gasteiger partial charge on any atom is -0.313 e. The molecule has 2 unspecified atom stereocenters. The van der Waals surface area contributed by atoms with Crippen LogP contribution in [0.2, 0.25) is 0 Å². The van der Waals surface area contributed by atoms with Gasteiger partial charge in [-0.3, -0.25) is 39.1 Å². The van der Waals surface area contributed by atoms with Crippen LogP contribution in [-0.4, -0.2) is 86.6 Å². The number of imide groups is 2. The normalized spacial score (nSPS) is 15.3. The number of non-ortho nitro benzene ring substituents is 1. The molecule has 49 heavy (non-hydrogen) atoms. The summed E-state index contributed by atoms with van der Waals surface area (Å²) < 4.78 is 0.